The van der Waals surface area contributed by atoms with Gasteiger partial charge >= 0.3 is 0 Å². The molecule has 1 amide bonds. The first-order valence-corrected chi connectivity index (χ1v) is 12.2. The molecule has 0 bridgehead atoms. The summed E-state index contributed by atoms with van der Waals surface area (Å²) in [6, 6.07) is 10.3. The SMILES string of the molecule is CCCCCCCCN(CCCCCCCC)C(=O)CSc1ccccc1. The Morgan fingerprint density at radius 3 is 1.74 bits per heavy atom. The fourth-order valence-corrected chi connectivity index (χ4v) is 4.10. The van der Waals surface area contributed by atoms with Crippen LogP contribution in [-0.2, 0) is 4.79 Å². The highest BCUT2D eigenvalue weighted by atomic mass is 32.2. The van der Waals surface area contributed by atoms with Gasteiger partial charge in [-0.25, -0.2) is 0 Å². The van der Waals surface area contributed by atoms with Gasteiger partial charge in [0.05, 0.1) is 5.75 Å². The Labute approximate surface area is 172 Å². The molecule has 0 aromatic heterocycles. The van der Waals surface area contributed by atoms with Crippen molar-refractivity contribution in [3.8, 4) is 0 Å². The minimum Gasteiger partial charge on any atom is -0.342 e. The van der Waals surface area contributed by atoms with Crippen molar-refractivity contribution < 1.29 is 4.79 Å². The summed E-state index contributed by atoms with van der Waals surface area (Å²) in [5.74, 6) is 0.876. The van der Waals surface area contributed by atoms with E-state index in [2.05, 4.69) is 30.9 Å². The largest absolute Gasteiger partial charge is 0.342 e. The van der Waals surface area contributed by atoms with E-state index in [4.69, 9.17) is 0 Å². The van der Waals surface area contributed by atoms with Gasteiger partial charge in [0.1, 0.15) is 0 Å². The van der Waals surface area contributed by atoms with Crippen LogP contribution in [0.5, 0.6) is 0 Å². The van der Waals surface area contributed by atoms with Crippen LogP contribution < -0.4 is 0 Å². The summed E-state index contributed by atoms with van der Waals surface area (Å²) in [6.07, 6.45) is 15.4. The van der Waals surface area contributed by atoms with E-state index in [1.807, 2.05) is 18.2 Å². The lowest BCUT2D eigenvalue weighted by molar-refractivity contribution is -0.128. The molecule has 0 fully saturated rings. The monoisotopic (exact) mass is 391 g/mol. The van der Waals surface area contributed by atoms with Crippen LogP contribution in [0.4, 0.5) is 0 Å². The number of unbranched alkanes of at least 4 members (excludes halogenated alkanes) is 10. The Morgan fingerprint density at radius 1 is 0.741 bits per heavy atom. The van der Waals surface area contributed by atoms with Gasteiger partial charge in [-0.3, -0.25) is 4.79 Å². The maximum Gasteiger partial charge on any atom is 0.232 e. The summed E-state index contributed by atoms with van der Waals surface area (Å²) >= 11 is 1.67. The average Bonchev–Trinajstić information content (AvgIpc) is 2.70. The van der Waals surface area contributed by atoms with E-state index in [1.54, 1.807) is 11.8 Å². The van der Waals surface area contributed by atoms with Crippen LogP contribution >= 0.6 is 11.8 Å². The fourth-order valence-electron chi connectivity index (χ4n) is 3.28. The third-order valence-corrected chi connectivity index (χ3v) is 6.02. The number of hydrogen-bond acceptors (Lipinski definition) is 2. The molecule has 0 saturated heterocycles. The molecule has 0 spiro atoms. The van der Waals surface area contributed by atoms with Gasteiger partial charge in [0.25, 0.3) is 0 Å². The van der Waals surface area contributed by atoms with E-state index in [9.17, 15) is 4.79 Å². The molecule has 0 N–H and O–H groups in total. The zero-order chi connectivity index (χ0) is 19.6. The molecule has 0 aliphatic carbocycles. The molecule has 0 radical (unpaired) electrons. The zero-order valence-electron chi connectivity index (χ0n) is 17.8. The van der Waals surface area contributed by atoms with Crippen molar-refractivity contribution in [1.82, 2.24) is 4.90 Å². The lowest BCUT2D eigenvalue weighted by Crippen LogP contribution is -2.34. The van der Waals surface area contributed by atoms with Crippen LogP contribution in [0.1, 0.15) is 90.9 Å². The molecule has 1 aromatic rings. The minimum absolute atomic E-state index is 0.311. The van der Waals surface area contributed by atoms with E-state index in [1.165, 1.54) is 69.1 Å². The van der Waals surface area contributed by atoms with Crippen molar-refractivity contribution >= 4 is 17.7 Å². The second kappa shape index (κ2) is 17.2. The molecule has 0 heterocycles. The molecule has 0 atom stereocenters. The quantitative estimate of drug-likeness (QED) is 0.205. The van der Waals surface area contributed by atoms with Crippen LogP contribution in [-0.4, -0.2) is 29.6 Å². The molecule has 0 unspecified atom stereocenters. The maximum absolute atomic E-state index is 12.8. The Morgan fingerprint density at radius 2 is 1.22 bits per heavy atom. The number of rotatable bonds is 17. The topological polar surface area (TPSA) is 20.3 Å². The van der Waals surface area contributed by atoms with Crippen molar-refractivity contribution in [3.05, 3.63) is 30.3 Å². The fraction of sp³-hybridized carbons (Fsp3) is 0.708. The van der Waals surface area contributed by atoms with Crippen LogP contribution in [0, 0.1) is 0 Å². The first-order chi connectivity index (χ1) is 13.3. The molecule has 3 heteroatoms. The van der Waals surface area contributed by atoms with Gasteiger partial charge < -0.3 is 4.90 Å². The van der Waals surface area contributed by atoms with Crippen molar-refractivity contribution in [2.45, 2.75) is 95.8 Å². The third-order valence-electron chi connectivity index (χ3n) is 5.02. The van der Waals surface area contributed by atoms with E-state index in [0.29, 0.717) is 11.7 Å². The van der Waals surface area contributed by atoms with E-state index < -0.39 is 0 Å². The Balaban J connectivity index is 2.34. The lowest BCUT2D eigenvalue weighted by Gasteiger charge is -2.23. The summed E-state index contributed by atoms with van der Waals surface area (Å²) in [7, 11) is 0. The first-order valence-electron chi connectivity index (χ1n) is 11.2. The molecule has 154 valence electrons. The van der Waals surface area contributed by atoms with Crippen LogP contribution in [0.15, 0.2) is 35.2 Å². The third kappa shape index (κ3) is 12.9. The summed E-state index contributed by atoms with van der Waals surface area (Å²) < 4.78 is 0. The van der Waals surface area contributed by atoms with Gasteiger partial charge in [0, 0.05) is 18.0 Å². The van der Waals surface area contributed by atoms with Crippen LogP contribution in [0.25, 0.3) is 0 Å². The Kier molecular flexibility index (Phi) is 15.3. The number of hydrogen-bond donors (Lipinski definition) is 0. The number of carbonyl (C=O) groups is 1. The molecular formula is C24H41NOS. The average molecular weight is 392 g/mol. The van der Waals surface area contributed by atoms with Gasteiger partial charge in [0.2, 0.25) is 5.91 Å². The van der Waals surface area contributed by atoms with Crippen molar-refractivity contribution in [3.63, 3.8) is 0 Å². The maximum atomic E-state index is 12.8. The van der Waals surface area contributed by atoms with Gasteiger partial charge in [-0.05, 0) is 25.0 Å². The molecule has 0 aliphatic heterocycles. The number of nitrogens with zero attached hydrogens (tertiary/aromatic N) is 1. The van der Waals surface area contributed by atoms with Gasteiger partial charge in [-0.2, -0.15) is 0 Å². The summed E-state index contributed by atoms with van der Waals surface area (Å²) in [5.41, 5.74) is 0. The molecule has 2 nitrogen and oxygen atoms in total. The van der Waals surface area contributed by atoms with Crippen molar-refractivity contribution in [2.75, 3.05) is 18.8 Å². The molecule has 1 aromatic carbocycles. The summed E-state index contributed by atoms with van der Waals surface area (Å²) in [6.45, 7) is 6.39. The van der Waals surface area contributed by atoms with E-state index in [-0.39, 0.29) is 0 Å². The highest BCUT2D eigenvalue weighted by Gasteiger charge is 2.13. The lowest BCUT2D eigenvalue weighted by atomic mass is 10.1. The predicted octanol–water partition coefficient (Wildman–Crippen LogP) is 7.33. The van der Waals surface area contributed by atoms with Gasteiger partial charge in [-0.1, -0.05) is 96.3 Å². The number of amides is 1. The highest BCUT2D eigenvalue weighted by molar-refractivity contribution is 8.00. The Bertz CT molecular complexity index is 447. The highest BCUT2D eigenvalue weighted by Crippen LogP contribution is 2.18. The predicted molar refractivity (Wildman–Crippen MR) is 120 cm³/mol. The number of carbonyl (C=O) groups excluding carboxylic acids is 1. The molecule has 27 heavy (non-hydrogen) atoms. The number of thioether (sulfide) groups is 1. The van der Waals surface area contributed by atoms with Crippen molar-refractivity contribution in [2.24, 2.45) is 0 Å². The van der Waals surface area contributed by atoms with E-state index in [0.717, 1.165) is 25.9 Å². The second-order valence-electron chi connectivity index (χ2n) is 7.52. The van der Waals surface area contributed by atoms with Gasteiger partial charge in [-0.15, -0.1) is 11.8 Å². The smallest absolute Gasteiger partial charge is 0.232 e. The van der Waals surface area contributed by atoms with Crippen molar-refractivity contribution in [1.29, 1.82) is 0 Å². The molecule has 0 aliphatic rings. The van der Waals surface area contributed by atoms with Crippen LogP contribution in [0.3, 0.4) is 0 Å². The Hall–Kier alpha value is -0.960. The molecular weight excluding hydrogens is 350 g/mol. The zero-order valence-corrected chi connectivity index (χ0v) is 18.6. The summed E-state index contributed by atoms with van der Waals surface area (Å²) in [5, 5.41) is 0. The minimum atomic E-state index is 0.311. The standard InChI is InChI=1S/C24H41NOS/c1-3-5-7-9-11-16-20-25(21-17-12-10-8-6-4-2)24(26)22-27-23-18-14-13-15-19-23/h13-15,18-19H,3-12,16-17,20-22H2,1-2H3. The molecule has 1 rings (SSSR count). The van der Waals surface area contributed by atoms with Gasteiger partial charge in [0.15, 0.2) is 0 Å². The van der Waals surface area contributed by atoms with E-state index >= 15 is 0 Å². The van der Waals surface area contributed by atoms with Crippen LogP contribution in [0.2, 0.25) is 0 Å². The second-order valence-corrected chi connectivity index (χ2v) is 8.57. The molecule has 0 saturated carbocycles. The first kappa shape index (κ1) is 24.1. The normalized spacial score (nSPS) is 10.9. The summed E-state index contributed by atoms with van der Waals surface area (Å²) in [4.78, 5) is 16.1. The number of benzene rings is 1.